The minimum Gasteiger partial charge on any atom is -0.376 e. The van der Waals surface area contributed by atoms with Gasteiger partial charge in [-0.1, -0.05) is 44.5 Å². The molecule has 2 heterocycles. The number of carbonyl (C=O) groups excluding carboxylic acids is 1. The molecule has 0 N–H and O–H groups in total. The molecule has 2 aromatic rings. The summed E-state index contributed by atoms with van der Waals surface area (Å²) in [5.74, 6) is -0.451. The molecule has 1 fully saturated rings. The van der Waals surface area contributed by atoms with Crippen molar-refractivity contribution < 1.29 is 22.7 Å². The number of hydrogen-bond donors (Lipinski definition) is 0. The van der Waals surface area contributed by atoms with Gasteiger partial charge in [0.05, 0.1) is 6.10 Å². The van der Waals surface area contributed by atoms with Crippen LogP contribution in [0.3, 0.4) is 0 Å². The predicted molar refractivity (Wildman–Crippen MR) is 115 cm³/mol. The highest BCUT2D eigenvalue weighted by atomic mass is 35.5. The van der Waals surface area contributed by atoms with E-state index < -0.39 is 17.8 Å². The molecule has 1 saturated heterocycles. The van der Waals surface area contributed by atoms with E-state index in [1.807, 2.05) is 20.8 Å². The molecule has 0 bridgehead atoms. The van der Waals surface area contributed by atoms with Crippen LogP contribution in [0.5, 0.6) is 0 Å². The van der Waals surface area contributed by atoms with Crippen molar-refractivity contribution in [3.63, 3.8) is 0 Å². The standard InChI is InChI=1S/C23H28ClF3N2O2/c1-22(2,3)14-28(4)21(30)20-18(15-7-9-16(24)10-8-15)12-19(23(25,26)27)29(20)13-17-6-5-11-31-17/h7-10,12,17H,5-6,11,13-14H2,1-4H3. The fourth-order valence-corrected chi connectivity index (χ4v) is 4.14. The van der Waals surface area contributed by atoms with Gasteiger partial charge in [0.15, 0.2) is 0 Å². The van der Waals surface area contributed by atoms with E-state index in [1.165, 1.54) is 4.90 Å². The number of nitrogens with zero attached hydrogens (tertiary/aromatic N) is 2. The maximum absolute atomic E-state index is 14.0. The average Bonchev–Trinajstić information content (AvgIpc) is 3.28. The first kappa shape index (κ1) is 23.7. The Hall–Kier alpha value is -1.99. The second-order valence-electron chi connectivity index (χ2n) is 9.26. The fourth-order valence-electron chi connectivity index (χ4n) is 4.01. The van der Waals surface area contributed by atoms with Gasteiger partial charge in [0.1, 0.15) is 11.4 Å². The Morgan fingerprint density at radius 2 is 1.87 bits per heavy atom. The van der Waals surface area contributed by atoms with Gasteiger partial charge < -0.3 is 14.2 Å². The second kappa shape index (κ2) is 8.87. The first-order valence-corrected chi connectivity index (χ1v) is 10.7. The molecule has 1 unspecified atom stereocenters. The van der Waals surface area contributed by atoms with Crippen molar-refractivity contribution in [1.29, 1.82) is 0 Å². The molecule has 31 heavy (non-hydrogen) atoms. The summed E-state index contributed by atoms with van der Waals surface area (Å²) in [5, 5.41) is 0.469. The molecular weight excluding hydrogens is 429 g/mol. The summed E-state index contributed by atoms with van der Waals surface area (Å²) >= 11 is 5.97. The summed E-state index contributed by atoms with van der Waals surface area (Å²) in [6, 6.07) is 7.54. The molecule has 0 aliphatic carbocycles. The number of amides is 1. The molecule has 0 spiro atoms. The molecule has 8 heteroatoms. The molecule has 3 rings (SSSR count). The van der Waals surface area contributed by atoms with E-state index >= 15 is 0 Å². The van der Waals surface area contributed by atoms with E-state index in [9.17, 15) is 18.0 Å². The van der Waals surface area contributed by atoms with Crippen molar-refractivity contribution in [3.05, 3.63) is 46.7 Å². The van der Waals surface area contributed by atoms with Crippen molar-refractivity contribution in [2.75, 3.05) is 20.2 Å². The molecule has 1 aliphatic heterocycles. The van der Waals surface area contributed by atoms with E-state index in [0.717, 1.165) is 17.1 Å². The largest absolute Gasteiger partial charge is 0.431 e. The SMILES string of the molecule is CN(CC(C)(C)C)C(=O)c1c(-c2ccc(Cl)cc2)cc(C(F)(F)F)n1CC1CCCO1. The number of halogens is 4. The summed E-state index contributed by atoms with van der Waals surface area (Å²) in [6.07, 6.45) is -3.51. The number of carbonyl (C=O) groups is 1. The van der Waals surface area contributed by atoms with Gasteiger partial charge in [0, 0.05) is 37.3 Å². The maximum atomic E-state index is 14.0. The van der Waals surface area contributed by atoms with Crippen molar-refractivity contribution in [2.45, 2.75) is 52.4 Å². The van der Waals surface area contributed by atoms with E-state index in [1.54, 1.807) is 31.3 Å². The molecule has 1 amide bonds. The Balaban J connectivity index is 2.17. The van der Waals surface area contributed by atoms with Crippen molar-refractivity contribution >= 4 is 17.5 Å². The lowest BCUT2D eigenvalue weighted by atomic mass is 9.96. The summed E-state index contributed by atoms with van der Waals surface area (Å²) in [6.45, 7) is 6.83. The number of hydrogen-bond acceptors (Lipinski definition) is 2. The second-order valence-corrected chi connectivity index (χ2v) is 9.70. The van der Waals surface area contributed by atoms with Crippen LogP contribution in [0.25, 0.3) is 11.1 Å². The van der Waals surface area contributed by atoms with E-state index in [0.29, 0.717) is 30.2 Å². The molecule has 1 atom stereocenters. The van der Waals surface area contributed by atoms with Crippen LogP contribution in [0.1, 0.15) is 49.8 Å². The minimum atomic E-state index is -4.61. The van der Waals surface area contributed by atoms with Gasteiger partial charge in [0.25, 0.3) is 5.91 Å². The molecule has 0 radical (unpaired) electrons. The van der Waals surface area contributed by atoms with E-state index in [4.69, 9.17) is 16.3 Å². The Kier molecular flexibility index (Phi) is 6.77. The van der Waals surface area contributed by atoms with E-state index in [2.05, 4.69) is 0 Å². The Bertz CT molecular complexity index is 924. The van der Waals surface area contributed by atoms with Gasteiger partial charge in [-0.3, -0.25) is 4.79 Å². The molecule has 1 aromatic carbocycles. The van der Waals surface area contributed by atoms with Gasteiger partial charge >= 0.3 is 6.18 Å². The van der Waals surface area contributed by atoms with Gasteiger partial charge in [0.2, 0.25) is 0 Å². The van der Waals surface area contributed by atoms with E-state index in [-0.39, 0.29) is 29.3 Å². The number of aromatic nitrogens is 1. The summed E-state index contributed by atoms with van der Waals surface area (Å²) < 4.78 is 48.8. The molecule has 4 nitrogen and oxygen atoms in total. The van der Waals surface area contributed by atoms with Crippen LogP contribution in [0.4, 0.5) is 13.2 Å². The number of ether oxygens (including phenoxy) is 1. The monoisotopic (exact) mass is 456 g/mol. The van der Waals surface area contributed by atoms with Gasteiger partial charge in [-0.25, -0.2) is 0 Å². The lowest BCUT2D eigenvalue weighted by Crippen LogP contribution is -2.36. The summed E-state index contributed by atoms with van der Waals surface area (Å²) in [4.78, 5) is 15.0. The zero-order valence-electron chi connectivity index (χ0n) is 18.2. The normalized spacial score (nSPS) is 17.2. The van der Waals surface area contributed by atoms with Crippen molar-refractivity contribution in [1.82, 2.24) is 9.47 Å². The lowest BCUT2D eigenvalue weighted by Gasteiger charge is -2.28. The third-order valence-corrected chi connectivity index (χ3v) is 5.47. The van der Waals surface area contributed by atoms with Gasteiger partial charge in [-0.15, -0.1) is 0 Å². The topological polar surface area (TPSA) is 34.5 Å². The molecule has 1 aliphatic rings. The number of rotatable bonds is 5. The average molecular weight is 457 g/mol. The van der Waals surface area contributed by atoms with Crippen LogP contribution in [-0.2, 0) is 17.5 Å². The summed E-state index contributed by atoms with van der Waals surface area (Å²) in [5.41, 5.74) is -0.275. The lowest BCUT2D eigenvalue weighted by molar-refractivity contribution is -0.144. The first-order chi connectivity index (χ1) is 14.4. The molecule has 170 valence electrons. The maximum Gasteiger partial charge on any atom is 0.431 e. The number of alkyl halides is 3. The van der Waals surface area contributed by atoms with Crippen LogP contribution in [0, 0.1) is 5.41 Å². The van der Waals surface area contributed by atoms with Crippen LogP contribution >= 0.6 is 11.6 Å². The summed E-state index contributed by atoms with van der Waals surface area (Å²) in [7, 11) is 1.62. The minimum absolute atomic E-state index is 0.0210. The highest BCUT2D eigenvalue weighted by Crippen LogP contribution is 2.38. The third kappa shape index (κ3) is 5.63. The molecule has 1 aromatic heterocycles. The van der Waals surface area contributed by atoms with Crippen molar-refractivity contribution in [2.24, 2.45) is 5.41 Å². The zero-order chi connectivity index (χ0) is 23.0. The fraction of sp³-hybridized carbons (Fsp3) is 0.522. The predicted octanol–water partition coefficient (Wildman–Crippen LogP) is 6.12. The number of benzene rings is 1. The quantitative estimate of drug-likeness (QED) is 0.542. The van der Waals surface area contributed by atoms with Gasteiger partial charge in [-0.2, -0.15) is 13.2 Å². The Labute approximate surface area is 185 Å². The van der Waals surface area contributed by atoms with Gasteiger partial charge in [-0.05, 0) is 42.0 Å². The zero-order valence-corrected chi connectivity index (χ0v) is 19.0. The first-order valence-electron chi connectivity index (χ1n) is 10.3. The highest BCUT2D eigenvalue weighted by Gasteiger charge is 2.39. The van der Waals surface area contributed by atoms with Crippen LogP contribution in [0.15, 0.2) is 30.3 Å². The highest BCUT2D eigenvalue weighted by molar-refractivity contribution is 6.30. The van der Waals surface area contributed by atoms with Crippen LogP contribution in [-0.4, -0.2) is 41.7 Å². The van der Waals surface area contributed by atoms with Crippen LogP contribution in [0.2, 0.25) is 5.02 Å². The Morgan fingerprint density at radius 3 is 2.39 bits per heavy atom. The van der Waals surface area contributed by atoms with Crippen LogP contribution < -0.4 is 0 Å². The molecule has 0 saturated carbocycles. The molecular formula is C23H28ClF3N2O2. The Morgan fingerprint density at radius 1 is 1.23 bits per heavy atom. The van der Waals surface area contributed by atoms with Crippen molar-refractivity contribution in [3.8, 4) is 11.1 Å². The third-order valence-electron chi connectivity index (χ3n) is 5.21. The smallest absolute Gasteiger partial charge is 0.376 e.